The van der Waals surface area contributed by atoms with E-state index in [1.807, 2.05) is 30.3 Å². The van der Waals surface area contributed by atoms with Gasteiger partial charge in [-0.3, -0.25) is 0 Å². The molecule has 0 radical (unpaired) electrons. The van der Waals surface area contributed by atoms with Crippen molar-refractivity contribution in [3.8, 4) is 11.5 Å². The second kappa shape index (κ2) is 7.17. The third kappa shape index (κ3) is 4.03. The Hall–Kier alpha value is -2.50. The molecule has 2 aromatic carbocycles. The Labute approximate surface area is 133 Å². The van der Waals surface area contributed by atoms with Crippen LogP contribution < -0.4 is 5.32 Å². The van der Waals surface area contributed by atoms with E-state index < -0.39 is 6.10 Å². The minimum absolute atomic E-state index is 0.315. The lowest BCUT2D eigenvalue weighted by Crippen LogP contribution is -2.21. The number of rotatable bonds is 6. The first-order valence-corrected chi connectivity index (χ1v) is 7.36. The summed E-state index contributed by atoms with van der Waals surface area (Å²) in [7, 11) is 0. The van der Waals surface area contributed by atoms with Crippen molar-refractivity contribution in [2.75, 3.05) is 6.54 Å². The minimum atomic E-state index is -0.698. The molecule has 1 unspecified atom stereocenters. The fraction of sp³-hybridized carbons (Fsp3) is 0.167. The Balaban J connectivity index is 1.53. The number of nitrogens with zero attached hydrogens (tertiary/aromatic N) is 1. The van der Waals surface area contributed by atoms with E-state index in [0.717, 1.165) is 11.3 Å². The van der Waals surface area contributed by atoms with Gasteiger partial charge in [0.2, 0.25) is 5.89 Å². The SMILES string of the molecule is OC(CNCc1coc(-c2ccccc2)n1)c1ccc(F)cc1. The maximum atomic E-state index is 12.8. The molecule has 3 aromatic rings. The number of hydrogen-bond donors (Lipinski definition) is 2. The van der Waals surface area contributed by atoms with E-state index in [-0.39, 0.29) is 5.82 Å². The van der Waals surface area contributed by atoms with E-state index in [9.17, 15) is 9.50 Å². The lowest BCUT2D eigenvalue weighted by molar-refractivity contribution is 0.174. The van der Waals surface area contributed by atoms with Crippen LogP contribution in [0.3, 0.4) is 0 Å². The van der Waals surface area contributed by atoms with Crippen molar-refractivity contribution < 1.29 is 13.9 Å². The van der Waals surface area contributed by atoms with Crippen molar-refractivity contribution in [3.63, 3.8) is 0 Å². The fourth-order valence-corrected chi connectivity index (χ4v) is 2.24. The highest BCUT2D eigenvalue weighted by Crippen LogP contribution is 2.18. The molecule has 2 N–H and O–H groups in total. The molecule has 1 heterocycles. The number of benzene rings is 2. The number of aromatic nitrogens is 1. The highest BCUT2D eigenvalue weighted by Gasteiger charge is 2.09. The summed E-state index contributed by atoms with van der Waals surface area (Å²) >= 11 is 0. The summed E-state index contributed by atoms with van der Waals surface area (Å²) in [6, 6.07) is 15.5. The Morgan fingerprint density at radius 1 is 1.09 bits per heavy atom. The van der Waals surface area contributed by atoms with Crippen molar-refractivity contribution in [2.24, 2.45) is 0 Å². The summed E-state index contributed by atoms with van der Waals surface area (Å²) < 4.78 is 18.3. The van der Waals surface area contributed by atoms with E-state index in [2.05, 4.69) is 10.3 Å². The number of oxazole rings is 1. The molecule has 0 spiro atoms. The molecule has 0 saturated carbocycles. The van der Waals surface area contributed by atoms with Gasteiger partial charge in [0, 0.05) is 18.7 Å². The van der Waals surface area contributed by atoms with Crippen LogP contribution in [0.4, 0.5) is 4.39 Å². The maximum Gasteiger partial charge on any atom is 0.226 e. The molecule has 0 aliphatic carbocycles. The predicted octanol–water partition coefficient (Wildman–Crippen LogP) is 3.30. The van der Waals surface area contributed by atoms with Gasteiger partial charge < -0.3 is 14.8 Å². The van der Waals surface area contributed by atoms with Crippen LogP contribution >= 0.6 is 0 Å². The summed E-state index contributed by atoms with van der Waals surface area (Å²) in [6.07, 6.45) is 0.899. The zero-order chi connectivity index (χ0) is 16.1. The van der Waals surface area contributed by atoms with Gasteiger partial charge in [0.25, 0.3) is 0 Å². The van der Waals surface area contributed by atoms with Crippen LogP contribution in [-0.4, -0.2) is 16.6 Å². The Kier molecular flexibility index (Phi) is 4.80. The first-order chi connectivity index (χ1) is 11.2. The second-order valence-electron chi connectivity index (χ2n) is 5.21. The quantitative estimate of drug-likeness (QED) is 0.733. The average molecular weight is 312 g/mol. The highest BCUT2D eigenvalue weighted by molar-refractivity contribution is 5.52. The smallest absolute Gasteiger partial charge is 0.226 e. The zero-order valence-corrected chi connectivity index (χ0v) is 12.4. The third-order valence-electron chi connectivity index (χ3n) is 3.47. The molecule has 0 bridgehead atoms. The molecule has 5 heteroatoms. The monoisotopic (exact) mass is 312 g/mol. The summed E-state index contributed by atoms with van der Waals surface area (Å²) in [4.78, 5) is 4.40. The Morgan fingerprint density at radius 3 is 2.57 bits per heavy atom. The predicted molar refractivity (Wildman–Crippen MR) is 85.0 cm³/mol. The molecule has 0 saturated heterocycles. The standard InChI is InChI=1S/C18H17FN2O2/c19-15-8-6-13(7-9-15)17(22)11-20-10-16-12-23-18(21-16)14-4-2-1-3-5-14/h1-9,12,17,20,22H,10-11H2. The van der Waals surface area contributed by atoms with Crippen LogP contribution in [-0.2, 0) is 6.54 Å². The van der Waals surface area contributed by atoms with Gasteiger partial charge >= 0.3 is 0 Å². The normalized spacial score (nSPS) is 12.3. The van der Waals surface area contributed by atoms with E-state index in [1.165, 1.54) is 12.1 Å². The van der Waals surface area contributed by atoms with E-state index in [4.69, 9.17) is 4.42 Å². The third-order valence-corrected chi connectivity index (χ3v) is 3.47. The minimum Gasteiger partial charge on any atom is -0.444 e. The summed E-state index contributed by atoms with van der Waals surface area (Å²) in [5.41, 5.74) is 2.35. The number of nitrogens with one attached hydrogen (secondary N) is 1. The summed E-state index contributed by atoms with van der Waals surface area (Å²) in [5.74, 6) is 0.256. The zero-order valence-electron chi connectivity index (χ0n) is 12.4. The van der Waals surface area contributed by atoms with Crippen molar-refractivity contribution in [3.05, 3.63) is 77.9 Å². The van der Waals surface area contributed by atoms with Crippen molar-refractivity contribution in [2.45, 2.75) is 12.6 Å². The number of hydrogen-bond acceptors (Lipinski definition) is 4. The van der Waals surface area contributed by atoms with Gasteiger partial charge in [-0.1, -0.05) is 30.3 Å². The second-order valence-corrected chi connectivity index (χ2v) is 5.21. The fourth-order valence-electron chi connectivity index (χ4n) is 2.24. The molecule has 118 valence electrons. The average Bonchev–Trinajstić information content (AvgIpc) is 3.05. The van der Waals surface area contributed by atoms with Gasteiger partial charge in [-0.05, 0) is 29.8 Å². The van der Waals surface area contributed by atoms with Crippen LogP contribution in [0, 0.1) is 5.82 Å². The van der Waals surface area contributed by atoms with Crippen molar-refractivity contribution in [1.29, 1.82) is 0 Å². The molecule has 1 atom stereocenters. The van der Waals surface area contributed by atoms with Crippen molar-refractivity contribution >= 4 is 0 Å². The molecular weight excluding hydrogens is 295 g/mol. The molecule has 0 aliphatic heterocycles. The Morgan fingerprint density at radius 2 is 1.83 bits per heavy atom. The number of aliphatic hydroxyl groups excluding tert-OH is 1. The molecule has 3 rings (SSSR count). The molecular formula is C18H17FN2O2. The van der Waals surface area contributed by atoms with Gasteiger partial charge in [-0.25, -0.2) is 9.37 Å². The first kappa shape index (κ1) is 15.4. The van der Waals surface area contributed by atoms with E-state index in [0.29, 0.717) is 24.5 Å². The largest absolute Gasteiger partial charge is 0.444 e. The van der Waals surface area contributed by atoms with Crippen LogP contribution in [0.1, 0.15) is 17.4 Å². The molecule has 1 aromatic heterocycles. The molecule has 23 heavy (non-hydrogen) atoms. The number of halogens is 1. The van der Waals surface area contributed by atoms with Crippen LogP contribution in [0.15, 0.2) is 65.3 Å². The summed E-state index contributed by atoms with van der Waals surface area (Å²) in [6.45, 7) is 0.827. The number of aliphatic hydroxyl groups is 1. The molecule has 0 amide bonds. The molecule has 4 nitrogen and oxygen atoms in total. The summed E-state index contributed by atoms with van der Waals surface area (Å²) in [5, 5.41) is 13.2. The van der Waals surface area contributed by atoms with Gasteiger partial charge in [0.1, 0.15) is 12.1 Å². The van der Waals surface area contributed by atoms with Gasteiger partial charge in [-0.2, -0.15) is 0 Å². The van der Waals surface area contributed by atoms with Gasteiger partial charge in [-0.15, -0.1) is 0 Å². The van der Waals surface area contributed by atoms with E-state index >= 15 is 0 Å². The lowest BCUT2D eigenvalue weighted by Gasteiger charge is -2.11. The van der Waals surface area contributed by atoms with Crippen molar-refractivity contribution in [1.82, 2.24) is 10.3 Å². The molecule has 0 aliphatic rings. The van der Waals surface area contributed by atoms with Gasteiger partial charge in [0.05, 0.1) is 11.8 Å². The van der Waals surface area contributed by atoms with Crippen LogP contribution in [0.25, 0.3) is 11.5 Å². The van der Waals surface area contributed by atoms with E-state index in [1.54, 1.807) is 18.4 Å². The maximum absolute atomic E-state index is 12.8. The topological polar surface area (TPSA) is 58.3 Å². The highest BCUT2D eigenvalue weighted by atomic mass is 19.1. The Bertz CT molecular complexity index is 741. The van der Waals surface area contributed by atoms with Crippen LogP contribution in [0.2, 0.25) is 0 Å². The lowest BCUT2D eigenvalue weighted by atomic mass is 10.1. The van der Waals surface area contributed by atoms with Gasteiger partial charge in [0.15, 0.2) is 0 Å². The first-order valence-electron chi connectivity index (χ1n) is 7.36. The molecule has 0 fully saturated rings. The van der Waals surface area contributed by atoms with Crippen LogP contribution in [0.5, 0.6) is 0 Å².